The number of carbonyl (C=O) groups is 1. The van der Waals surface area contributed by atoms with Crippen LogP contribution in [0.1, 0.15) is 18.4 Å². The summed E-state index contributed by atoms with van der Waals surface area (Å²) in [5.41, 5.74) is 1.12. The van der Waals surface area contributed by atoms with Gasteiger partial charge in [0.05, 0.1) is 26.0 Å². The molecule has 1 heterocycles. The van der Waals surface area contributed by atoms with Crippen molar-refractivity contribution < 1.29 is 9.72 Å². The lowest BCUT2D eigenvalue weighted by Crippen LogP contribution is -2.24. The summed E-state index contributed by atoms with van der Waals surface area (Å²) in [5, 5.41) is 15.2. The van der Waals surface area contributed by atoms with Crippen molar-refractivity contribution in [3.63, 3.8) is 0 Å². The van der Waals surface area contributed by atoms with Gasteiger partial charge in [0.2, 0.25) is 12.4 Å². The molecule has 1 aromatic heterocycles. The van der Waals surface area contributed by atoms with Crippen LogP contribution in [0.2, 0.25) is 10.0 Å². The third kappa shape index (κ3) is 5.81. The summed E-state index contributed by atoms with van der Waals surface area (Å²) in [6.07, 6.45) is 2.88. The quantitative estimate of drug-likeness (QED) is 0.115. The van der Waals surface area contributed by atoms with Crippen LogP contribution in [0, 0.1) is 10.1 Å². The van der Waals surface area contributed by atoms with Crippen molar-refractivity contribution in [3.05, 3.63) is 96.7 Å². The Labute approximate surface area is 215 Å². The van der Waals surface area contributed by atoms with Gasteiger partial charge in [0.15, 0.2) is 0 Å². The number of fused-ring (bicyclic) bond motifs is 1. The van der Waals surface area contributed by atoms with Gasteiger partial charge >= 0.3 is 0 Å². The third-order valence-electron chi connectivity index (χ3n) is 5.56. The van der Waals surface area contributed by atoms with Gasteiger partial charge in [-0.2, -0.15) is 0 Å². The van der Waals surface area contributed by atoms with Crippen molar-refractivity contribution in [2.24, 2.45) is 0 Å². The molecule has 184 valence electrons. The van der Waals surface area contributed by atoms with Crippen molar-refractivity contribution in [1.29, 1.82) is 0 Å². The summed E-state index contributed by atoms with van der Waals surface area (Å²) < 4.78 is 0. The molecule has 0 bridgehead atoms. The second-order valence-corrected chi connectivity index (χ2v) is 8.84. The Morgan fingerprint density at radius 1 is 1.06 bits per heavy atom. The molecule has 4 aromatic rings. The minimum Gasteiger partial charge on any atom is -0.326 e. The van der Waals surface area contributed by atoms with Gasteiger partial charge in [0.1, 0.15) is 5.52 Å². The number of benzene rings is 3. The number of nitrogens with zero attached hydrogens (tertiary/aromatic N) is 3. The van der Waals surface area contributed by atoms with Gasteiger partial charge in [-0.3, -0.25) is 24.7 Å². The maximum absolute atomic E-state index is 12.9. The number of unbranched alkanes of at least 4 members (excludes halogenated alkanes) is 1. The number of nitro benzene ring substituents is 1. The van der Waals surface area contributed by atoms with Gasteiger partial charge in [-0.05, 0) is 43.0 Å². The number of non-ortho nitro benzene ring substituents is 1. The molecule has 36 heavy (non-hydrogen) atoms. The fourth-order valence-electron chi connectivity index (χ4n) is 3.79. The van der Waals surface area contributed by atoms with Crippen molar-refractivity contribution >= 4 is 63.5 Å². The number of aryl methyl sites for hydroxylation is 1. The highest BCUT2D eigenvalue weighted by atomic mass is 35.5. The van der Waals surface area contributed by atoms with Crippen LogP contribution in [0.5, 0.6) is 0 Å². The number of halogens is 2. The SMILES string of the molecule is O=CN(CCCCc1ccccc1)c1cc([N+](=O)[O-])cc2c(=O)[nH]c(Nc3ccc(Cl)c(Cl)c3)nc12. The molecule has 4 rings (SSSR count). The molecule has 0 radical (unpaired) electrons. The number of amides is 1. The lowest BCUT2D eigenvalue weighted by Gasteiger charge is -2.19. The molecule has 0 aliphatic heterocycles. The predicted molar refractivity (Wildman–Crippen MR) is 142 cm³/mol. The zero-order valence-corrected chi connectivity index (χ0v) is 20.4. The Bertz CT molecular complexity index is 1480. The van der Waals surface area contributed by atoms with Crippen LogP contribution in [0.25, 0.3) is 10.9 Å². The molecular weight excluding hydrogens is 505 g/mol. The fourth-order valence-corrected chi connectivity index (χ4v) is 4.09. The van der Waals surface area contributed by atoms with Crippen molar-refractivity contribution in [3.8, 4) is 0 Å². The van der Waals surface area contributed by atoms with Crippen molar-refractivity contribution in [2.75, 3.05) is 16.8 Å². The Balaban J connectivity index is 1.66. The lowest BCUT2D eigenvalue weighted by atomic mass is 10.1. The van der Waals surface area contributed by atoms with Gasteiger partial charge < -0.3 is 10.2 Å². The molecule has 0 aliphatic rings. The van der Waals surface area contributed by atoms with E-state index in [1.54, 1.807) is 18.2 Å². The van der Waals surface area contributed by atoms with E-state index >= 15 is 0 Å². The summed E-state index contributed by atoms with van der Waals surface area (Å²) in [6.45, 7) is 0.302. The number of nitrogens with one attached hydrogen (secondary N) is 2. The highest BCUT2D eigenvalue weighted by Gasteiger charge is 2.20. The van der Waals surface area contributed by atoms with Gasteiger partial charge in [0.25, 0.3) is 11.2 Å². The van der Waals surface area contributed by atoms with Crippen LogP contribution in [0.3, 0.4) is 0 Å². The van der Waals surface area contributed by atoms with Crippen LogP contribution in [0.4, 0.5) is 23.0 Å². The van der Waals surface area contributed by atoms with Gasteiger partial charge in [-0.25, -0.2) is 4.98 Å². The van der Waals surface area contributed by atoms with Gasteiger partial charge in [0, 0.05) is 24.4 Å². The summed E-state index contributed by atoms with van der Waals surface area (Å²) in [7, 11) is 0. The number of anilines is 3. The van der Waals surface area contributed by atoms with E-state index in [0.29, 0.717) is 35.1 Å². The summed E-state index contributed by atoms with van der Waals surface area (Å²) >= 11 is 12.0. The van der Waals surface area contributed by atoms with Crippen LogP contribution in [0.15, 0.2) is 65.5 Å². The molecule has 0 fully saturated rings. The monoisotopic (exact) mass is 525 g/mol. The molecule has 0 aliphatic carbocycles. The van der Waals surface area contributed by atoms with E-state index in [-0.39, 0.29) is 28.2 Å². The zero-order valence-electron chi connectivity index (χ0n) is 18.9. The van der Waals surface area contributed by atoms with Crippen LogP contribution < -0.4 is 15.8 Å². The molecular formula is C25H21Cl2N5O4. The number of H-pyrrole nitrogens is 1. The molecule has 0 saturated heterocycles. The largest absolute Gasteiger partial charge is 0.326 e. The zero-order chi connectivity index (χ0) is 25.7. The molecule has 3 aromatic carbocycles. The van der Waals surface area contributed by atoms with Gasteiger partial charge in [-0.1, -0.05) is 53.5 Å². The van der Waals surface area contributed by atoms with Crippen LogP contribution >= 0.6 is 23.2 Å². The van der Waals surface area contributed by atoms with E-state index in [4.69, 9.17) is 23.2 Å². The summed E-state index contributed by atoms with van der Waals surface area (Å²) in [4.78, 5) is 44.2. The predicted octanol–water partition coefficient (Wildman–Crippen LogP) is 5.87. The maximum atomic E-state index is 12.9. The fraction of sp³-hybridized carbons (Fsp3) is 0.160. The normalized spacial score (nSPS) is 10.8. The average molecular weight is 526 g/mol. The lowest BCUT2D eigenvalue weighted by molar-refractivity contribution is -0.384. The first-order chi connectivity index (χ1) is 17.4. The van der Waals surface area contributed by atoms with E-state index in [9.17, 15) is 19.7 Å². The third-order valence-corrected chi connectivity index (χ3v) is 6.30. The standard InChI is InChI=1S/C25H21Cl2N5O4/c26-20-10-9-17(12-21(20)27)28-25-29-23-19(24(34)30-25)13-18(32(35)36)14-22(23)31(15-33)11-5-4-8-16-6-2-1-3-7-16/h1-3,6-7,9-10,12-15H,4-5,8,11H2,(H2,28,29,30,34). The second-order valence-electron chi connectivity index (χ2n) is 8.03. The Hall–Kier alpha value is -3.95. The van der Waals surface area contributed by atoms with Crippen molar-refractivity contribution in [1.82, 2.24) is 9.97 Å². The van der Waals surface area contributed by atoms with E-state index < -0.39 is 10.5 Å². The molecule has 0 unspecified atom stereocenters. The second kappa shape index (κ2) is 11.2. The van der Waals surface area contributed by atoms with Crippen molar-refractivity contribution in [2.45, 2.75) is 19.3 Å². The van der Waals surface area contributed by atoms with E-state index in [2.05, 4.69) is 15.3 Å². The van der Waals surface area contributed by atoms with Gasteiger partial charge in [-0.15, -0.1) is 0 Å². The minimum atomic E-state index is -0.608. The summed E-state index contributed by atoms with van der Waals surface area (Å²) in [6, 6.07) is 17.1. The number of nitro groups is 1. The number of rotatable bonds is 10. The molecule has 1 amide bonds. The first-order valence-corrected chi connectivity index (χ1v) is 11.8. The number of carbonyl (C=O) groups excluding carboxylic acids is 1. The molecule has 0 atom stereocenters. The van der Waals surface area contributed by atoms with E-state index in [0.717, 1.165) is 18.9 Å². The first-order valence-electron chi connectivity index (χ1n) is 11.1. The number of aromatic amines is 1. The number of hydrogen-bond donors (Lipinski definition) is 2. The Kier molecular flexibility index (Phi) is 7.82. The molecule has 2 N–H and O–H groups in total. The highest BCUT2D eigenvalue weighted by molar-refractivity contribution is 6.42. The average Bonchev–Trinajstić information content (AvgIpc) is 2.87. The topological polar surface area (TPSA) is 121 Å². The number of aromatic nitrogens is 2. The maximum Gasteiger partial charge on any atom is 0.272 e. The number of hydrogen-bond acceptors (Lipinski definition) is 6. The smallest absolute Gasteiger partial charge is 0.272 e. The Morgan fingerprint density at radius 2 is 1.83 bits per heavy atom. The highest BCUT2D eigenvalue weighted by Crippen LogP contribution is 2.31. The Morgan fingerprint density at radius 3 is 2.53 bits per heavy atom. The van der Waals surface area contributed by atoms with E-state index in [1.807, 2.05) is 30.3 Å². The first kappa shape index (κ1) is 25.2. The minimum absolute atomic E-state index is 0.00461. The molecule has 11 heteroatoms. The molecule has 9 nitrogen and oxygen atoms in total. The van der Waals surface area contributed by atoms with E-state index in [1.165, 1.54) is 16.5 Å². The molecule has 0 spiro atoms. The summed E-state index contributed by atoms with van der Waals surface area (Å²) in [5.74, 6) is 0.0796. The molecule has 0 saturated carbocycles. The van der Waals surface area contributed by atoms with Crippen LogP contribution in [-0.4, -0.2) is 27.8 Å². The van der Waals surface area contributed by atoms with Crippen LogP contribution in [-0.2, 0) is 11.2 Å².